The Morgan fingerprint density at radius 2 is 1.87 bits per heavy atom. The van der Waals surface area contributed by atoms with Gasteiger partial charge >= 0.3 is 0 Å². The SMILES string of the molecule is CCCNC(COC(C)C)C(C)(C)OC. The van der Waals surface area contributed by atoms with E-state index < -0.39 is 0 Å². The molecule has 0 amide bonds. The minimum absolute atomic E-state index is 0.190. The van der Waals surface area contributed by atoms with Gasteiger partial charge in [0.05, 0.1) is 24.4 Å². The zero-order chi connectivity index (χ0) is 11.9. The molecule has 0 aliphatic heterocycles. The first-order valence-electron chi connectivity index (χ1n) is 5.84. The third-order valence-corrected chi connectivity index (χ3v) is 2.60. The lowest BCUT2D eigenvalue weighted by Gasteiger charge is -2.34. The molecule has 1 atom stereocenters. The predicted molar refractivity (Wildman–Crippen MR) is 64.3 cm³/mol. The van der Waals surface area contributed by atoms with Gasteiger partial charge in [0.2, 0.25) is 0 Å². The van der Waals surface area contributed by atoms with Gasteiger partial charge in [-0.15, -0.1) is 0 Å². The fraction of sp³-hybridized carbons (Fsp3) is 1.00. The lowest BCUT2D eigenvalue weighted by Crippen LogP contribution is -2.51. The summed E-state index contributed by atoms with van der Waals surface area (Å²) >= 11 is 0. The molecule has 0 aromatic heterocycles. The first-order chi connectivity index (χ1) is 6.94. The summed E-state index contributed by atoms with van der Waals surface area (Å²) in [6, 6.07) is 0.241. The minimum Gasteiger partial charge on any atom is -0.377 e. The summed E-state index contributed by atoms with van der Waals surface area (Å²) in [5, 5.41) is 3.47. The van der Waals surface area contributed by atoms with Gasteiger partial charge in [-0.3, -0.25) is 0 Å². The van der Waals surface area contributed by atoms with Crippen LogP contribution in [0, 0.1) is 0 Å². The summed E-state index contributed by atoms with van der Waals surface area (Å²) in [6.45, 7) is 12.1. The summed E-state index contributed by atoms with van der Waals surface area (Å²) < 4.78 is 11.1. The van der Waals surface area contributed by atoms with Crippen molar-refractivity contribution in [1.82, 2.24) is 5.32 Å². The van der Waals surface area contributed by atoms with Crippen LogP contribution in [0.5, 0.6) is 0 Å². The fourth-order valence-electron chi connectivity index (χ4n) is 1.25. The van der Waals surface area contributed by atoms with Gasteiger partial charge in [-0.25, -0.2) is 0 Å². The Morgan fingerprint density at radius 1 is 1.27 bits per heavy atom. The third-order valence-electron chi connectivity index (χ3n) is 2.60. The zero-order valence-electron chi connectivity index (χ0n) is 11.1. The van der Waals surface area contributed by atoms with Crippen LogP contribution in [0.1, 0.15) is 41.0 Å². The van der Waals surface area contributed by atoms with Gasteiger partial charge in [-0.1, -0.05) is 6.92 Å². The normalized spacial score (nSPS) is 14.6. The van der Waals surface area contributed by atoms with Gasteiger partial charge in [0, 0.05) is 7.11 Å². The van der Waals surface area contributed by atoms with Crippen LogP contribution >= 0.6 is 0 Å². The molecular weight excluding hydrogens is 190 g/mol. The van der Waals surface area contributed by atoms with Crippen molar-refractivity contribution in [3.05, 3.63) is 0 Å². The van der Waals surface area contributed by atoms with E-state index in [0.717, 1.165) is 13.0 Å². The maximum Gasteiger partial charge on any atom is 0.0797 e. The molecule has 0 fully saturated rings. The van der Waals surface area contributed by atoms with Gasteiger partial charge < -0.3 is 14.8 Å². The first-order valence-corrected chi connectivity index (χ1v) is 5.84. The number of rotatable bonds is 8. The summed E-state index contributed by atoms with van der Waals surface area (Å²) in [6.07, 6.45) is 1.39. The summed E-state index contributed by atoms with van der Waals surface area (Å²) in [4.78, 5) is 0. The minimum atomic E-state index is -0.190. The van der Waals surface area contributed by atoms with E-state index in [9.17, 15) is 0 Å². The maximum absolute atomic E-state index is 5.65. The van der Waals surface area contributed by atoms with E-state index in [4.69, 9.17) is 9.47 Å². The van der Waals surface area contributed by atoms with Crippen LogP contribution in [0.25, 0.3) is 0 Å². The average molecular weight is 217 g/mol. The topological polar surface area (TPSA) is 30.5 Å². The number of hydrogen-bond acceptors (Lipinski definition) is 3. The van der Waals surface area contributed by atoms with Crippen molar-refractivity contribution in [3.63, 3.8) is 0 Å². The van der Waals surface area contributed by atoms with Crippen molar-refractivity contribution in [2.24, 2.45) is 0 Å². The summed E-state index contributed by atoms with van der Waals surface area (Å²) in [7, 11) is 1.75. The van der Waals surface area contributed by atoms with E-state index in [0.29, 0.717) is 6.61 Å². The standard InChI is InChI=1S/C12H27NO2/c1-7-8-13-11(9-15-10(2)3)12(4,5)14-6/h10-11,13H,7-9H2,1-6H3. The van der Waals surface area contributed by atoms with Gasteiger partial charge in [0.15, 0.2) is 0 Å². The molecule has 92 valence electrons. The predicted octanol–water partition coefficient (Wildman–Crippen LogP) is 2.20. The third kappa shape index (κ3) is 6.13. The molecule has 3 nitrogen and oxygen atoms in total. The van der Waals surface area contributed by atoms with Crippen LogP contribution in [-0.2, 0) is 9.47 Å². The molecule has 0 aromatic rings. The van der Waals surface area contributed by atoms with Crippen LogP contribution in [0.15, 0.2) is 0 Å². The molecule has 3 heteroatoms. The highest BCUT2D eigenvalue weighted by Gasteiger charge is 2.29. The maximum atomic E-state index is 5.65. The largest absolute Gasteiger partial charge is 0.377 e. The lowest BCUT2D eigenvalue weighted by molar-refractivity contribution is -0.0482. The molecule has 1 N–H and O–H groups in total. The molecule has 15 heavy (non-hydrogen) atoms. The monoisotopic (exact) mass is 217 g/mol. The summed E-state index contributed by atoms with van der Waals surface area (Å²) in [5.41, 5.74) is -0.190. The summed E-state index contributed by atoms with van der Waals surface area (Å²) in [5.74, 6) is 0. The lowest BCUT2D eigenvalue weighted by atomic mass is 9.99. The van der Waals surface area contributed by atoms with Crippen LogP contribution in [0.3, 0.4) is 0 Å². The molecule has 0 rings (SSSR count). The van der Waals surface area contributed by atoms with Crippen LogP contribution in [-0.4, -0.2) is 38.0 Å². The molecule has 0 bridgehead atoms. The van der Waals surface area contributed by atoms with Crippen molar-refractivity contribution in [1.29, 1.82) is 0 Å². The van der Waals surface area contributed by atoms with Gasteiger partial charge in [0.25, 0.3) is 0 Å². The van der Waals surface area contributed by atoms with E-state index in [1.165, 1.54) is 0 Å². The fourth-order valence-corrected chi connectivity index (χ4v) is 1.25. The Bertz CT molecular complexity index is 158. The highest BCUT2D eigenvalue weighted by molar-refractivity contribution is 4.85. The Morgan fingerprint density at radius 3 is 2.27 bits per heavy atom. The molecule has 0 saturated carbocycles. The first kappa shape index (κ1) is 14.9. The van der Waals surface area contributed by atoms with Gasteiger partial charge in [-0.2, -0.15) is 0 Å². The highest BCUT2D eigenvalue weighted by atomic mass is 16.5. The van der Waals surface area contributed by atoms with Crippen LogP contribution in [0.4, 0.5) is 0 Å². The van der Waals surface area contributed by atoms with E-state index >= 15 is 0 Å². The molecular formula is C12H27NO2. The van der Waals surface area contributed by atoms with E-state index in [-0.39, 0.29) is 17.7 Å². The van der Waals surface area contributed by atoms with Crippen molar-refractivity contribution in [2.75, 3.05) is 20.3 Å². The molecule has 0 saturated heterocycles. The second-order valence-electron chi connectivity index (χ2n) is 4.70. The van der Waals surface area contributed by atoms with E-state index in [2.05, 4.69) is 39.9 Å². The van der Waals surface area contributed by atoms with Crippen molar-refractivity contribution in [3.8, 4) is 0 Å². The van der Waals surface area contributed by atoms with Gasteiger partial charge in [0.1, 0.15) is 0 Å². The molecule has 1 unspecified atom stereocenters. The molecule has 0 spiro atoms. The Balaban J connectivity index is 4.17. The van der Waals surface area contributed by atoms with Gasteiger partial charge in [-0.05, 0) is 40.7 Å². The van der Waals surface area contributed by atoms with E-state index in [1.807, 2.05) is 0 Å². The second kappa shape index (κ2) is 7.20. The number of hydrogen-bond donors (Lipinski definition) is 1. The number of nitrogens with one attached hydrogen (secondary N) is 1. The molecule has 0 radical (unpaired) electrons. The molecule has 0 aliphatic rings. The van der Waals surface area contributed by atoms with Crippen molar-refractivity contribution >= 4 is 0 Å². The Hall–Kier alpha value is -0.120. The van der Waals surface area contributed by atoms with Crippen molar-refractivity contribution < 1.29 is 9.47 Å². The van der Waals surface area contributed by atoms with Crippen molar-refractivity contribution in [2.45, 2.75) is 58.8 Å². The van der Waals surface area contributed by atoms with E-state index in [1.54, 1.807) is 7.11 Å². The second-order valence-corrected chi connectivity index (χ2v) is 4.70. The Kier molecular flexibility index (Phi) is 7.14. The van der Waals surface area contributed by atoms with Crippen LogP contribution < -0.4 is 5.32 Å². The zero-order valence-corrected chi connectivity index (χ0v) is 11.1. The molecule has 0 heterocycles. The smallest absolute Gasteiger partial charge is 0.0797 e. The average Bonchev–Trinajstić information content (AvgIpc) is 2.17. The number of ether oxygens (including phenoxy) is 2. The highest BCUT2D eigenvalue weighted by Crippen LogP contribution is 2.14. The molecule has 0 aromatic carbocycles. The Labute approximate surface area is 94.5 Å². The quantitative estimate of drug-likeness (QED) is 0.676. The molecule has 0 aliphatic carbocycles. The van der Waals surface area contributed by atoms with Crippen LogP contribution in [0.2, 0.25) is 0 Å². The number of methoxy groups -OCH3 is 1.